The Balaban J connectivity index is 2.09. The Bertz CT molecular complexity index is 668. The molecule has 0 aliphatic heterocycles. The maximum Gasteiger partial charge on any atom is 0.145 e. The molecule has 0 saturated heterocycles. The zero-order valence-corrected chi connectivity index (χ0v) is 9.31. The molecular formula is C12H10FN5. The van der Waals surface area contributed by atoms with Gasteiger partial charge in [-0.1, -0.05) is 0 Å². The highest BCUT2D eigenvalue weighted by atomic mass is 19.1. The van der Waals surface area contributed by atoms with Gasteiger partial charge in [-0.25, -0.2) is 4.39 Å². The van der Waals surface area contributed by atoms with Crippen molar-refractivity contribution in [1.82, 2.24) is 20.4 Å². The summed E-state index contributed by atoms with van der Waals surface area (Å²) in [6.45, 7) is 0. The van der Waals surface area contributed by atoms with E-state index in [4.69, 9.17) is 5.73 Å². The van der Waals surface area contributed by atoms with Gasteiger partial charge in [0.25, 0.3) is 0 Å². The number of nitrogens with zero attached hydrogens (tertiary/aromatic N) is 2. The molecule has 0 amide bonds. The molecule has 0 bridgehead atoms. The van der Waals surface area contributed by atoms with Gasteiger partial charge in [0.05, 0.1) is 17.6 Å². The number of nitrogen functional groups attached to an aromatic ring is 1. The molecule has 3 rings (SSSR count). The molecule has 0 saturated carbocycles. The second-order valence-electron chi connectivity index (χ2n) is 3.87. The number of aromatic amines is 2. The first-order valence-electron chi connectivity index (χ1n) is 5.34. The summed E-state index contributed by atoms with van der Waals surface area (Å²) in [7, 11) is 0. The fourth-order valence-electron chi connectivity index (χ4n) is 1.80. The summed E-state index contributed by atoms with van der Waals surface area (Å²) in [5, 5.41) is 13.6. The lowest BCUT2D eigenvalue weighted by Gasteiger charge is -2.01. The van der Waals surface area contributed by atoms with Gasteiger partial charge in [0.2, 0.25) is 0 Å². The summed E-state index contributed by atoms with van der Waals surface area (Å²) < 4.78 is 12.9. The molecule has 0 radical (unpaired) electrons. The van der Waals surface area contributed by atoms with Crippen molar-refractivity contribution in [1.29, 1.82) is 0 Å². The van der Waals surface area contributed by atoms with Crippen LogP contribution in [-0.2, 0) is 0 Å². The van der Waals surface area contributed by atoms with Crippen LogP contribution in [0.5, 0.6) is 0 Å². The predicted octanol–water partition coefficient (Wildman–Crippen LogP) is 2.19. The number of nitrogens with one attached hydrogen (secondary N) is 2. The summed E-state index contributed by atoms with van der Waals surface area (Å²) in [6.07, 6.45) is 1.67. The monoisotopic (exact) mass is 243 g/mol. The van der Waals surface area contributed by atoms with Crippen LogP contribution in [0.15, 0.2) is 36.5 Å². The van der Waals surface area contributed by atoms with Crippen molar-refractivity contribution in [2.24, 2.45) is 0 Å². The van der Waals surface area contributed by atoms with Crippen molar-refractivity contribution in [2.45, 2.75) is 0 Å². The van der Waals surface area contributed by atoms with Crippen molar-refractivity contribution in [3.8, 4) is 22.5 Å². The Hall–Kier alpha value is -2.63. The van der Waals surface area contributed by atoms with Gasteiger partial charge in [-0.15, -0.1) is 0 Å². The molecular weight excluding hydrogens is 233 g/mol. The number of hydrogen-bond donors (Lipinski definition) is 3. The van der Waals surface area contributed by atoms with E-state index in [9.17, 15) is 4.39 Å². The molecule has 4 N–H and O–H groups in total. The van der Waals surface area contributed by atoms with Crippen molar-refractivity contribution < 1.29 is 4.39 Å². The summed E-state index contributed by atoms with van der Waals surface area (Å²) in [5.41, 5.74) is 8.81. The van der Waals surface area contributed by atoms with E-state index in [1.54, 1.807) is 24.4 Å². The number of nitrogens with two attached hydrogens (primary N) is 1. The van der Waals surface area contributed by atoms with E-state index in [2.05, 4.69) is 20.4 Å². The van der Waals surface area contributed by atoms with Gasteiger partial charge in [0.1, 0.15) is 11.6 Å². The lowest BCUT2D eigenvalue weighted by atomic mass is 10.1. The third-order valence-electron chi connectivity index (χ3n) is 2.66. The number of rotatable bonds is 2. The molecule has 5 nitrogen and oxygen atoms in total. The summed E-state index contributed by atoms with van der Waals surface area (Å²) >= 11 is 0. The highest BCUT2D eigenvalue weighted by Crippen LogP contribution is 2.29. The number of hydrogen-bond acceptors (Lipinski definition) is 3. The van der Waals surface area contributed by atoms with Crippen molar-refractivity contribution in [2.75, 3.05) is 5.73 Å². The minimum absolute atomic E-state index is 0.273. The fraction of sp³-hybridized carbons (Fsp3) is 0. The van der Waals surface area contributed by atoms with Gasteiger partial charge in [0.15, 0.2) is 0 Å². The molecule has 0 aliphatic carbocycles. The third kappa shape index (κ3) is 1.73. The van der Waals surface area contributed by atoms with Crippen molar-refractivity contribution >= 4 is 5.82 Å². The molecule has 0 spiro atoms. The van der Waals surface area contributed by atoms with E-state index in [1.165, 1.54) is 12.1 Å². The average molecular weight is 243 g/mol. The van der Waals surface area contributed by atoms with Crippen LogP contribution in [0.4, 0.5) is 10.2 Å². The first-order chi connectivity index (χ1) is 8.74. The topological polar surface area (TPSA) is 83.4 Å². The molecule has 2 aromatic heterocycles. The van der Waals surface area contributed by atoms with Gasteiger partial charge in [-0.3, -0.25) is 10.2 Å². The maximum atomic E-state index is 12.9. The number of benzene rings is 1. The standard InChI is InChI=1S/C12H10FN5/c13-8-3-1-7(2-4-8)12-9(6-15-18-12)10-5-11(14)17-16-10/h1-6H,(H,15,18)(H3,14,16,17). The van der Waals surface area contributed by atoms with Gasteiger partial charge < -0.3 is 5.73 Å². The molecule has 0 atom stereocenters. The smallest absolute Gasteiger partial charge is 0.145 e. The first-order valence-corrected chi connectivity index (χ1v) is 5.34. The summed E-state index contributed by atoms with van der Waals surface area (Å²) in [4.78, 5) is 0. The Morgan fingerprint density at radius 2 is 1.89 bits per heavy atom. The number of aromatic nitrogens is 4. The van der Waals surface area contributed by atoms with Gasteiger partial charge in [-0.2, -0.15) is 10.2 Å². The lowest BCUT2D eigenvalue weighted by molar-refractivity contribution is 0.628. The zero-order valence-electron chi connectivity index (χ0n) is 9.31. The van der Waals surface area contributed by atoms with Crippen molar-refractivity contribution in [3.05, 3.63) is 42.3 Å². The predicted molar refractivity (Wildman–Crippen MR) is 66.0 cm³/mol. The Kier molecular flexibility index (Phi) is 2.33. The average Bonchev–Trinajstić information content (AvgIpc) is 2.98. The van der Waals surface area contributed by atoms with E-state index in [1.807, 2.05) is 0 Å². The van der Waals surface area contributed by atoms with E-state index >= 15 is 0 Å². The fourth-order valence-corrected chi connectivity index (χ4v) is 1.80. The second-order valence-corrected chi connectivity index (χ2v) is 3.87. The Labute approximate surface area is 102 Å². The van der Waals surface area contributed by atoms with Crippen LogP contribution < -0.4 is 5.73 Å². The number of halogens is 1. The van der Waals surface area contributed by atoms with Crippen LogP contribution >= 0.6 is 0 Å². The van der Waals surface area contributed by atoms with Crippen LogP contribution in [-0.4, -0.2) is 20.4 Å². The first kappa shape index (κ1) is 10.5. The third-order valence-corrected chi connectivity index (χ3v) is 2.66. The molecule has 90 valence electrons. The quantitative estimate of drug-likeness (QED) is 0.645. The summed E-state index contributed by atoms with van der Waals surface area (Å²) in [5.74, 6) is 0.141. The lowest BCUT2D eigenvalue weighted by Crippen LogP contribution is -1.83. The molecule has 3 aromatic rings. The van der Waals surface area contributed by atoms with Gasteiger partial charge >= 0.3 is 0 Å². The van der Waals surface area contributed by atoms with E-state index in [-0.39, 0.29) is 5.82 Å². The number of H-pyrrole nitrogens is 2. The molecule has 0 fully saturated rings. The van der Waals surface area contributed by atoms with E-state index in [0.29, 0.717) is 5.82 Å². The van der Waals surface area contributed by atoms with Crippen LogP contribution in [0.2, 0.25) is 0 Å². The van der Waals surface area contributed by atoms with Gasteiger partial charge in [-0.05, 0) is 24.3 Å². The Morgan fingerprint density at radius 1 is 1.11 bits per heavy atom. The normalized spacial score (nSPS) is 10.7. The van der Waals surface area contributed by atoms with Gasteiger partial charge in [0, 0.05) is 17.2 Å². The van der Waals surface area contributed by atoms with Crippen LogP contribution in [0.3, 0.4) is 0 Å². The molecule has 0 aliphatic rings. The molecule has 6 heteroatoms. The van der Waals surface area contributed by atoms with Crippen LogP contribution in [0.1, 0.15) is 0 Å². The minimum atomic E-state index is -0.273. The minimum Gasteiger partial charge on any atom is -0.382 e. The SMILES string of the molecule is Nc1cc(-c2cn[nH]c2-c2ccc(F)cc2)[nH]n1. The second kappa shape index (κ2) is 3.99. The maximum absolute atomic E-state index is 12.9. The molecule has 2 heterocycles. The highest BCUT2D eigenvalue weighted by Gasteiger charge is 2.11. The van der Waals surface area contributed by atoms with Crippen LogP contribution in [0, 0.1) is 5.82 Å². The zero-order chi connectivity index (χ0) is 12.5. The van der Waals surface area contributed by atoms with E-state index in [0.717, 1.165) is 22.5 Å². The largest absolute Gasteiger partial charge is 0.382 e. The molecule has 18 heavy (non-hydrogen) atoms. The molecule has 1 aromatic carbocycles. The van der Waals surface area contributed by atoms with E-state index < -0.39 is 0 Å². The highest BCUT2D eigenvalue weighted by molar-refractivity contribution is 5.79. The molecule has 0 unspecified atom stereocenters. The van der Waals surface area contributed by atoms with Crippen molar-refractivity contribution in [3.63, 3.8) is 0 Å². The summed E-state index contributed by atoms with van der Waals surface area (Å²) in [6, 6.07) is 7.90. The Morgan fingerprint density at radius 3 is 2.56 bits per heavy atom. The van der Waals surface area contributed by atoms with Crippen LogP contribution in [0.25, 0.3) is 22.5 Å². The number of anilines is 1.